The van der Waals surface area contributed by atoms with E-state index in [0.29, 0.717) is 31.1 Å². The number of ether oxygens (including phenoxy) is 1. The van der Waals surface area contributed by atoms with Gasteiger partial charge >= 0.3 is 5.97 Å². The van der Waals surface area contributed by atoms with E-state index in [1.807, 2.05) is 0 Å². The molecule has 0 aliphatic carbocycles. The van der Waals surface area contributed by atoms with Crippen LogP contribution in [0.25, 0.3) is 0 Å². The third-order valence-electron chi connectivity index (χ3n) is 10.2. The van der Waals surface area contributed by atoms with Crippen molar-refractivity contribution >= 4 is 18.0 Å². The standard InChI is InChI=1S/C44H82O4/c1-4-7-9-10-11-12-13-14-15-16-17-18-22-25-31-37-43(46)42(36-30-27-28-33-39-45)35-29-24-21-19-20-23-26-32-38-44(47)48-40-41(6-3)34-8-5-2/h14-15,39,41-42H,4-13,16-38,40H2,1-3H3. The Morgan fingerprint density at radius 2 is 0.958 bits per heavy atom. The molecule has 0 fully saturated rings. The van der Waals surface area contributed by atoms with Crippen LogP contribution in [0.2, 0.25) is 0 Å². The Balaban J connectivity index is 3.98. The van der Waals surface area contributed by atoms with Gasteiger partial charge in [-0.1, -0.05) is 161 Å². The number of hydrogen-bond acceptors (Lipinski definition) is 4. The molecule has 0 amide bonds. The normalized spacial score (nSPS) is 12.8. The summed E-state index contributed by atoms with van der Waals surface area (Å²) in [6.07, 6.45) is 43.6. The van der Waals surface area contributed by atoms with Gasteiger partial charge < -0.3 is 9.53 Å². The molecule has 0 rings (SSSR count). The van der Waals surface area contributed by atoms with Crippen molar-refractivity contribution in [2.24, 2.45) is 11.8 Å². The second-order valence-corrected chi connectivity index (χ2v) is 14.8. The fourth-order valence-corrected chi connectivity index (χ4v) is 6.74. The Morgan fingerprint density at radius 3 is 1.50 bits per heavy atom. The molecule has 0 aliphatic rings. The van der Waals surface area contributed by atoms with Gasteiger partial charge in [-0.15, -0.1) is 0 Å². The summed E-state index contributed by atoms with van der Waals surface area (Å²) in [6, 6.07) is 0. The fourth-order valence-electron chi connectivity index (χ4n) is 6.74. The predicted molar refractivity (Wildman–Crippen MR) is 208 cm³/mol. The molecule has 2 atom stereocenters. The Labute approximate surface area is 299 Å². The van der Waals surface area contributed by atoms with E-state index in [2.05, 4.69) is 32.9 Å². The molecular formula is C44H82O4. The van der Waals surface area contributed by atoms with Gasteiger partial charge in [0.15, 0.2) is 0 Å². The molecule has 0 saturated carbocycles. The summed E-state index contributed by atoms with van der Waals surface area (Å²) in [6.45, 7) is 7.27. The summed E-state index contributed by atoms with van der Waals surface area (Å²) >= 11 is 0. The molecule has 2 unspecified atom stereocenters. The van der Waals surface area contributed by atoms with Crippen molar-refractivity contribution in [3.63, 3.8) is 0 Å². The lowest BCUT2D eigenvalue weighted by Crippen LogP contribution is -2.14. The summed E-state index contributed by atoms with van der Waals surface area (Å²) < 4.78 is 5.53. The maximum absolute atomic E-state index is 13.1. The van der Waals surface area contributed by atoms with Crippen LogP contribution >= 0.6 is 0 Å². The first-order valence-electron chi connectivity index (χ1n) is 21.4. The molecule has 0 spiro atoms. The highest BCUT2D eigenvalue weighted by molar-refractivity contribution is 5.80. The van der Waals surface area contributed by atoms with E-state index in [-0.39, 0.29) is 11.9 Å². The molecule has 4 nitrogen and oxygen atoms in total. The SMILES string of the molecule is CCCCCCCCC=CCCCCCCCC(=O)C(CCCCCC=O)CCCCCCCCCCC(=O)OCC(CC)CCCC. The van der Waals surface area contributed by atoms with E-state index in [4.69, 9.17) is 4.74 Å². The predicted octanol–water partition coefficient (Wildman–Crippen LogP) is 14.0. The molecule has 0 heterocycles. The number of unbranched alkanes of at least 4 members (excludes halogenated alkanes) is 22. The van der Waals surface area contributed by atoms with Gasteiger partial charge in [0.25, 0.3) is 0 Å². The lowest BCUT2D eigenvalue weighted by molar-refractivity contribution is -0.145. The highest BCUT2D eigenvalue weighted by Crippen LogP contribution is 2.23. The minimum Gasteiger partial charge on any atom is -0.465 e. The summed E-state index contributed by atoms with van der Waals surface area (Å²) in [5.41, 5.74) is 0. The number of aldehydes is 1. The van der Waals surface area contributed by atoms with Crippen LogP contribution in [0.5, 0.6) is 0 Å². The number of allylic oxidation sites excluding steroid dienone is 2. The average Bonchev–Trinajstić information content (AvgIpc) is 3.09. The maximum Gasteiger partial charge on any atom is 0.305 e. The minimum absolute atomic E-state index is 0.0185. The highest BCUT2D eigenvalue weighted by Gasteiger charge is 2.17. The van der Waals surface area contributed by atoms with Gasteiger partial charge in [-0.2, -0.15) is 0 Å². The van der Waals surface area contributed by atoms with Gasteiger partial charge in [0.05, 0.1) is 6.61 Å². The molecule has 0 N–H and O–H groups in total. The fraction of sp³-hybridized carbons (Fsp3) is 0.886. The zero-order valence-electron chi connectivity index (χ0n) is 32.6. The molecule has 0 saturated heterocycles. The van der Waals surface area contributed by atoms with Crippen LogP contribution in [-0.4, -0.2) is 24.6 Å². The average molecular weight is 675 g/mol. The molecule has 0 aliphatic heterocycles. The first-order chi connectivity index (χ1) is 23.6. The smallest absolute Gasteiger partial charge is 0.305 e. The largest absolute Gasteiger partial charge is 0.465 e. The molecular weight excluding hydrogens is 592 g/mol. The third kappa shape index (κ3) is 33.1. The molecule has 0 aromatic carbocycles. The van der Waals surface area contributed by atoms with Crippen molar-refractivity contribution < 1.29 is 19.1 Å². The summed E-state index contributed by atoms with van der Waals surface area (Å²) in [7, 11) is 0. The Kier molecular flexibility index (Phi) is 37.2. The lowest BCUT2D eigenvalue weighted by Gasteiger charge is -2.16. The van der Waals surface area contributed by atoms with Crippen LogP contribution in [0.4, 0.5) is 0 Å². The topological polar surface area (TPSA) is 60.4 Å². The van der Waals surface area contributed by atoms with Crippen molar-refractivity contribution in [2.75, 3.05) is 6.61 Å². The van der Waals surface area contributed by atoms with Gasteiger partial charge in [0.1, 0.15) is 12.1 Å². The van der Waals surface area contributed by atoms with Crippen molar-refractivity contribution in [1.82, 2.24) is 0 Å². The molecule has 0 radical (unpaired) electrons. The Bertz CT molecular complexity index is 729. The number of esters is 1. The summed E-state index contributed by atoms with van der Waals surface area (Å²) in [4.78, 5) is 35.9. The van der Waals surface area contributed by atoms with E-state index < -0.39 is 0 Å². The summed E-state index contributed by atoms with van der Waals surface area (Å²) in [5.74, 6) is 1.22. The van der Waals surface area contributed by atoms with Crippen LogP contribution in [0.3, 0.4) is 0 Å². The van der Waals surface area contributed by atoms with Gasteiger partial charge in [-0.3, -0.25) is 9.59 Å². The first-order valence-corrected chi connectivity index (χ1v) is 21.4. The lowest BCUT2D eigenvalue weighted by atomic mass is 9.88. The van der Waals surface area contributed by atoms with E-state index in [1.54, 1.807) is 0 Å². The van der Waals surface area contributed by atoms with Crippen molar-refractivity contribution in [1.29, 1.82) is 0 Å². The third-order valence-corrected chi connectivity index (χ3v) is 10.2. The molecule has 4 heteroatoms. The van der Waals surface area contributed by atoms with Crippen molar-refractivity contribution in [3.05, 3.63) is 12.2 Å². The molecule has 282 valence electrons. The van der Waals surface area contributed by atoms with Gasteiger partial charge in [-0.25, -0.2) is 0 Å². The number of carbonyl (C=O) groups excluding carboxylic acids is 3. The number of carbonyl (C=O) groups is 3. The molecule has 0 aromatic rings. The van der Waals surface area contributed by atoms with E-state index >= 15 is 0 Å². The second kappa shape index (κ2) is 38.4. The van der Waals surface area contributed by atoms with Crippen molar-refractivity contribution in [2.45, 2.75) is 233 Å². The van der Waals surface area contributed by atoms with Crippen molar-refractivity contribution in [3.8, 4) is 0 Å². The van der Waals surface area contributed by atoms with Gasteiger partial charge in [0.2, 0.25) is 0 Å². The molecule has 0 aromatic heterocycles. The number of Topliss-reactive ketones (excluding diaryl/α,β-unsaturated/α-hetero) is 1. The van der Waals surface area contributed by atoms with Gasteiger partial charge in [0, 0.05) is 25.2 Å². The minimum atomic E-state index is -0.0185. The number of hydrogen-bond donors (Lipinski definition) is 0. The zero-order chi connectivity index (χ0) is 35.2. The van der Waals surface area contributed by atoms with Crippen LogP contribution in [-0.2, 0) is 19.1 Å². The Morgan fingerprint density at radius 1 is 0.500 bits per heavy atom. The van der Waals surface area contributed by atoms with E-state index in [1.165, 1.54) is 122 Å². The zero-order valence-corrected chi connectivity index (χ0v) is 32.6. The molecule has 48 heavy (non-hydrogen) atoms. The van der Waals surface area contributed by atoms with E-state index in [9.17, 15) is 14.4 Å². The quantitative estimate of drug-likeness (QED) is 0.0282. The second-order valence-electron chi connectivity index (χ2n) is 14.8. The highest BCUT2D eigenvalue weighted by atomic mass is 16.5. The number of rotatable bonds is 39. The molecule has 0 bridgehead atoms. The maximum atomic E-state index is 13.1. The van der Waals surface area contributed by atoms with Crippen LogP contribution < -0.4 is 0 Å². The number of ketones is 1. The monoisotopic (exact) mass is 675 g/mol. The van der Waals surface area contributed by atoms with Crippen LogP contribution in [0, 0.1) is 11.8 Å². The summed E-state index contributed by atoms with van der Waals surface area (Å²) in [5, 5.41) is 0. The Hall–Kier alpha value is -1.45. The first kappa shape index (κ1) is 46.5. The van der Waals surface area contributed by atoms with Gasteiger partial charge in [-0.05, 0) is 70.1 Å². The van der Waals surface area contributed by atoms with E-state index in [0.717, 1.165) is 83.3 Å². The van der Waals surface area contributed by atoms with Crippen LogP contribution in [0.15, 0.2) is 12.2 Å². The van der Waals surface area contributed by atoms with Crippen LogP contribution in [0.1, 0.15) is 233 Å².